The van der Waals surface area contributed by atoms with Crippen molar-refractivity contribution in [2.75, 3.05) is 5.32 Å². The van der Waals surface area contributed by atoms with Crippen LogP contribution in [0.25, 0.3) is 0 Å². The standard InChI is InChI=1S/C17H22N4.HI/c1-12(2)14-7-4-8-15(10-14)21-17(18)20-11-16-13(3)6-5-9-19-16;/h4-10,12H,11H2,1-3H3,(H3,18,20,21);1H. The molecule has 0 aliphatic rings. The second-order valence-electron chi connectivity index (χ2n) is 5.37. The van der Waals surface area contributed by atoms with Gasteiger partial charge in [0.05, 0.1) is 12.2 Å². The Morgan fingerprint density at radius 3 is 2.73 bits per heavy atom. The van der Waals surface area contributed by atoms with Crippen molar-refractivity contribution in [2.24, 2.45) is 10.7 Å². The number of aromatic nitrogens is 1. The summed E-state index contributed by atoms with van der Waals surface area (Å²) in [5, 5.41) is 3.13. The number of pyridine rings is 1. The van der Waals surface area contributed by atoms with Crippen molar-refractivity contribution < 1.29 is 0 Å². The number of aliphatic imine (C=N–C) groups is 1. The molecule has 22 heavy (non-hydrogen) atoms. The molecule has 0 saturated heterocycles. The fourth-order valence-electron chi connectivity index (χ4n) is 2.01. The predicted octanol–water partition coefficient (Wildman–Crippen LogP) is 4.06. The second-order valence-corrected chi connectivity index (χ2v) is 5.37. The van der Waals surface area contributed by atoms with Gasteiger partial charge in [-0.15, -0.1) is 24.0 Å². The predicted molar refractivity (Wildman–Crippen MR) is 104 cm³/mol. The molecule has 0 aliphatic carbocycles. The molecule has 3 N–H and O–H groups in total. The van der Waals surface area contributed by atoms with Crippen LogP contribution in [0.15, 0.2) is 47.6 Å². The van der Waals surface area contributed by atoms with Crippen molar-refractivity contribution in [3.8, 4) is 0 Å². The van der Waals surface area contributed by atoms with Gasteiger partial charge >= 0.3 is 0 Å². The molecule has 118 valence electrons. The summed E-state index contributed by atoms with van der Waals surface area (Å²) < 4.78 is 0. The van der Waals surface area contributed by atoms with E-state index in [0.29, 0.717) is 18.4 Å². The van der Waals surface area contributed by atoms with Crippen LogP contribution < -0.4 is 11.1 Å². The van der Waals surface area contributed by atoms with Crippen molar-refractivity contribution in [3.63, 3.8) is 0 Å². The number of nitrogens with two attached hydrogens (primary N) is 1. The maximum absolute atomic E-state index is 5.94. The third-order valence-corrected chi connectivity index (χ3v) is 3.34. The van der Waals surface area contributed by atoms with Gasteiger partial charge in [-0.05, 0) is 42.2 Å². The van der Waals surface area contributed by atoms with Crippen LogP contribution in [0.1, 0.15) is 36.6 Å². The highest BCUT2D eigenvalue weighted by Crippen LogP contribution is 2.18. The molecule has 0 unspecified atom stereocenters. The maximum Gasteiger partial charge on any atom is 0.193 e. The number of benzene rings is 1. The van der Waals surface area contributed by atoms with Crippen LogP contribution in [0, 0.1) is 6.92 Å². The molecule has 0 bridgehead atoms. The minimum atomic E-state index is 0. The molecular formula is C17H23IN4. The number of anilines is 1. The first-order chi connectivity index (χ1) is 10.1. The number of hydrogen-bond donors (Lipinski definition) is 2. The summed E-state index contributed by atoms with van der Waals surface area (Å²) in [6.07, 6.45) is 1.77. The van der Waals surface area contributed by atoms with E-state index in [0.717, 1.165) is 16.9 Å². The van der Waals surface area contributed by atoms with Crippen LogP contribution in [0.2, 0.25) is 0 Å². The van der Waals surface area contributed by atoms with Crippen LogP contribution in [-0.4, -0.2) is 10.9 Å². The zero-order valence-electron chi connectivity index (χ0n) is 13.2. The van der Waals surface area contributed by atoms with Gasteiger partial charge in [-0.1, -0.05) is 32.0 Å². The fourth-order valence-corrected chi connectivity index (χ4v) is 2.01. The lowest BCUT2D eigenvalue weighted by Gasteiger charge is -2.10. The number of aryl methyl sites for hydroxylation is 1. The molecule has 0 aliphatic heterocycles. The molecule has 1 aromatic carbocycles. The number of halogens is 1. The molecule has 2 aromatic rings. The molecule has 5 heteroatoms. The molecular weight excluding hydrogens is 387 g/mol. The zero-order valence-corrected chi connectivity index (χ0v) is 15.5. The van der Waals surface area contributed by atoms with E-state index in [9.17, 15) is 0 Å². The number of guanidine groups is 1. The Kier molecular flexibility index (Phi) is 7.31. The van der Waals surface area contributed by atoms with E-state index in [1.54, 1.807) is 6.20 Å². The van der Waals surface area contributed by atoms with Crippen LogP contribution in [0.4, 0.5) is 5.69 Å². The third kappa shape index (κ3) is 5.29. The van der Waals surface area contributed by atoms with Gasteiger partial charge in [-0.2, -0.15) is 0 Å². The first kappa shape index (κ1) is 18.4. The van der Waals surface area contributed by atoms with E-state index in [2.05, 4.69) is 41.3 Å². The lowest BCUT2D eigenvalue weighted by atomic mass is 10.0. The Balaban J connectivity index is 0.00000242. The largest absolute Gasteiger partial charge is 0.370 e. The number of rotatable bonds is 4. The monoisotopic (exact) mass is 410 g/mol. The van der Waals surface area contributed by atoms with Crippen molar-refractivity contribution in [3.05, 3.63) is 59.4 Å². The highest BCUT2D eigenvalue weighted by molar-refractivity contribution is 14.0. The smallest absolute Gasteiger partial charge is 0.193 e. The van der Waals surface area contributed by atoms with Crippen molar-refractivity contribution in [2.45, 2.75) is 33.2 Å². The van der Waals surface area contributed by atoms with Gasteiger partial charge < -0.3 is 11.1 Å². The van der Waals surface area contributed by atoms with Crippen molar-refractivity contribution in [1.82, 2.24) is 4.98 Å². The van der Waals surface area contributed by atoms with Gasteiger partial charge in [-0.25, -0.2) is 4.99 Å². The number of hydrogen-bond acceptors (Lipinski definition) is 2. The Labute approximate surface area is 149 Å². The van der Waals surface area contributed by atoms with Crippen LogP contribution >= 0.6 is 24.0 Å². The first-order valence-corrected chi connectivity index (χ1v) is 7.13. The Morgan fingerprint density at radius 1 is 1.27 bits per heavy atom. The van der Waals surface area contributed by atoms with E-state index >= 15 is 0 Å². The van der Waals surface area contributed by atoms with Gasteiger partial charge in [0.15, 0.2) is 5.96 Å². The van der Waals surface area contributed by atoms with Crippen LogP contribution in [0.3, 0.4) is 0 Å². The molecule has 0 fully saturated rings. The number of nitrogens with zero attached hydrogens (tertiary/aromatic N) is 2. The highest BCUT2D eigenvalue weighted by Gasteiger charge is 2.02. The Morgan fingerprint density at radius 2 is 2.05 bits per heavy atom. The summed E-state index contributed by atoms with van der Waals surface area (Å²) in [6.45, 7) is 6.84. The lowest BCUT2D eigenvalue weighted by Crippen LogP contribution is -2.22. The summed E-state index contributed by atoms with van der Waals surface area (Å²) >= 11 is 0. The molecule has 1 heterocycles. The Bertz CT molecular complexity index is 638. The second kappa shape index (κ2) is 8.73. The lowest BCUT2D eigenvalue weighted by molar-refractivity contribution is 0.867. The molecule has 2 rings (SSSR count). The quantitative estimate of drug-likeness (QED) is 0.454. The molecule has 0 atom stereocenters. The van der Waals surface area contributed by atoms with E-state index in [4.69, 9.17) is 5.73 Å². The minimum absolute atomic E-state index is 0. The van der Waals surface area contributed by atoms with E-state index < -0.39 is 0 Å². The van der Waals surface area contributed by atoms with E-state index in [1.165, 1.54) is 5.56 Å². The van der Waals surface area contributed by atoms with Gasteiger partial charge in [0.1, 0.15) is 0 Å². The van der Waals surface area contributed by atoms with Gasteiger partial charge in [0.2, 0.25) is 0 Å². The molecule has 0 radical (unpaired) electrons. The molecule has 0 spiro atoms. The minimum Gasteiger partial charge on any atom is -0.370 e. The van der Waals surface area contributed by atoms with Crippen LogP contribution in [0.5, 0.6) is 0 Å². The molecule has 0 saturated carbocycles. The highest BCUT2D eigenvalue weighted by atomic mass is 127. The summed E-state index contributed by atoms with van der Waals surface area (Å²) in [5.41, 5.74) is 10.2. The number of nitrogens with one attached hydrogen (secondary N) is 1. The van der Waals surface area contributed by atoms with Gasteiger partial charge in [-0.3, -0.25) is 4.98 Å². The maximum atomic E-state index is 5.94. The zero-order chi connectivity index (χ0) is 15.2. The SMILES string of the molecule is Cc1cccnc1CN=C(N)Nc1cccc(C(C)C)c1.I. The summed E-state index contributed by atoms with van der Waals surface area (Å²) in [6, 6.07) is 12.2. The summed E-state index contributed by atoms with van der Waals surface area (Å²) in [5.74, 6) is 0.891. The van der Waals surface area contributed by atoms with E-state index in [1.807, 2.05) is 31.2 Å². The summed E-state index contributed by atoms with van der Waals surface area (Å²) in [4.78, 5) is 8.65. The average Bonchev–Trinajstić information content (AvgIpc) is 2.46. The normalized spacial score (nSPS) is 11.2. The molecule has 1 aromatic heterocycles. The van der Waals surface area contributed by atoms with Crippen molar-refractivity contribution in [1.29, 1.82) is 0 Å². The topological polar surface area (TPSA) is 63.3 Å². The fraction of sp³-hybridized carbons (Fsp3) is 0.294. The third-order valence-electron chi connectivity index (χ3n) is 3.34. The van der Waals surface area contributed by atoms with Crippen LogP contribution in [-0.2, 0) is 6.54 Å². The van der Waals surface area contributed by atoms with Gasteiger partial charge in [0.25, 0.3) is 0 Å². The molecule has 4 nitrogen and oxygen atoms in total. The summed E-state index contributed by atoms with van der Waals surface area (Å²) in [7, 11) is 0. The Hall–Kier alpha value is -1.63. The molecule has 0 amide bonds. The first-order valence-electron chi connectivity index (χ1n) is 7.13. The van der Waals surface area contributed by atoms with Gasteiger partial charge in [0, 0.05) is 11.9 Å². The average molecular weight is 410 g/mol. The van der Waals surface area contributed by atoms with Crippen molar-refractivity contribution >= 4 is 35.6 Å². The van der Waals surface area contributed by atoms with E-state index in [-0.39, 0.29) is 24.0 Å².